The Kier molecular flexibility index (Phi) is 8.75. The van der Waals surface area contributed by atoms with Crippen LogP contribution in [0.3, 0.4) is 0 Å². The van der Waals surface area contributed by atoms with E-state index in [4.69, 9.17) is 0 Å². The van der Waals surface area contributed by atoms with E-state index in [-0.39, 0.29) is 0 Å². The zero-order valence-electron chi connectivity index (χ0n) is 35.4. The van der Waals surface area contributed by atoms with Gasteiger partial charge in [0, 0.05) is 53.6 Å². The number of fused-ring (bicyclic) bond motifs is 8. The number of nitrogens with zero attached hydrogens (tertiary/aromatic N) is 2. The van der Waals surface area contributed by atoms with Gasteiger partial charge in [-0.1, -0.05) is 182 Å². The van der Waals surface area contributed by atoms with E-state index in [1.165, 1.54) is 96.9 Å². The third-order valence-corrected chi connectivity index (χ3v) is 14.4. The number of benzene rings is 11. The average Bonchev–Trinajstić information content (AvgIpc) is 3.94. The van der Waals surface area contributed by atoms with Gasteiger partial charge in [0.15, 0.2) is 0 Å². The number of rotatable bonds is 7. The maximum atomic E-state index is 2.47. The number of anilines is 3. The van der Waals surface area contributed by atoms with Crippen molar-refractivity contribution < 1.29 is 0 Å². The predicted octanol–water partition coefficient (Wildman–Crippen LogP) is 17.9. The van der Waals surface area contributed by atoms with Gasteiger partial charge in [0.05, 0.1) is 16.7 Å². The minimum Gasteiger partial charge on any atom is -0.310 e. The van der Waals surface area contributed by atoms with Gasteiger partial charge in [0.25, 0.3) is 0 Å². The highest BCUT2D eigenvalue weighted by Gasteiger charge is 2.23. The molecule has 0 aliphatic carbocycles. The van der Waals surface area contributed by atoms with Gasteiger partial charge >= 0.3 is 0 Å². The first kappa shape index (κ1) is 37.3. The van der Waals surface area contributed by atoms with E-state index in [1.54, 1.807) is 0 Å². The van der Waals surface area contributed by atoms with Crippen molar-refractivity contribution in [3.63, 3.8) is 0 Å². The summed E-state index contributed by atoms with van der Waals surface area (Å²) < 4.78 is 4.96. The third kappa shape index (κ3) is 6.08. The Labute approximate surface area is 381 Å². The van der Waals surface area contributed by atoms with Crippen molar-refractivity contribution in [2.24, 2.45) is 0 Å². The maximum Gasteiger partial charge on any atom is 0.0555 e. The molecule has 0 bridgehead atoms. The van der Waals surface area contributed by atoms with Crippen LogP contribution < -0.4 is 4.90 Å². The van der Waals surface area contributed by atoms with Crippen LogP contribution in [-0.2, 0) is 0 Å². The van der Waals surface area contributed by atoms with E-state index in [1.807, 2.05) is 11.3 Å². The average molecular weight is 845 g/mol. The van der Waals surface area contributed by atoms with Crippen molar-refractivity contribution in [2.45, 2.75) is 0 Å². The first-order chi connectivity index (χ1) is 32.3. The van der Waals surface area contributed by atoms with Gasteiger partial charge in [-0.2, -0.15) is 0 Å². The van der Waals surface area contributed by atoms with Crippen LogP contribution in [-0.4, -0.2) is 4.57 Å². The van der Waals surface area contributed by atoms with Gasteiger partial charge in [0.2, 0.25) is 0 Å². The van der Waals surface area contributed by atoms with Gasteiger partial charge in [-0.15, -0.1) is 11.3 Å². The fourth-order valence-corrected chi connectivity index (χ4v) is 11.5. The van der Waals surface area contributed by atoms with Crippen molar-refractivity contribution in [3.05, 3.63) is 243 Å². The van der Waals surface area contributed by atoms with E-state index >= 15 is 0 Å². The lowest BCUT2D eigenvalue weighted by atomic mass is 9.95. The molecule has 0 unspecified atom stereocenters. The highest BCUT2D eigenvalue weighted by molar-refractivity contribution is 7.26. The molecule has 2 nitrogen and oxygen atoms in total. The molecule has 65 heavy (non-hydrogen) atoms. The van der Waals surface area contributed by atoms with Gasteiger partial charge in [0.1, 0.15) is 0 Å². The zero-order chi connectivity index (χ0) is 42.8. The summed E-state index contributed by atoms with van der Waals surface area (Å²) in [6.07, 6.45) is 0. The summed E-state index contributed by atoms with van der Waals surface area (Å²) in [6.45, 7) is 0. The van der Waals surface area contributed by atoms with Crippen LogP contribution in [0.5, 0.6) is 0 Å². The minimum atomic E-state index is 1.10. The van der Waals surface area contributed by atoms with Gasteiger partial charge in [-0.05, 0) is 110 Å². The monoisotopic (exact) mass is 844 g/mol. The van der Waals surface area contributed by atoms with Crippen LogP contribution >= 0.6 is 11.3 Å². The molecule has 0 radical (unpaired) electrons. The minimum absolute atomic E-state index is 1.10. The summed E-state index contributed by atoms with van der Waals surface area (Å²) in [5, 5.41) is 10.0. The Morgan fingerprint density at radius 3 is 1.57 bits per heavy atom. The van der Waals surface area contributed by atoms with E-state index < -0.39 is 0 Å². The lowest BCUT2D eigenvalue weighted by Gasteiger charge is -2.27. The largest absolute Gasteiger partial charge is 0.310 e. The van der Waals surface area contributed by atoms with E-state index in [2.05, 4.69) is 252 Å². The van der Waals surface area contributed by atoms with Crippen LogP contribution in [0.1, 0.15) is 0 Å². The van der Waals surface area contributed by atoms with Crippen LogP contribution in [0, 0.1) is 0 Å². The van der Waals surface area contributed by atoms with Crippen molar-refractivity contribution in [1.82, 2.24) is 4.57 Å². The van der Waals surface area contributed by atoms with Crippen LogP contribution in [0.2, 0.25) is 0 Å². The van der Waals surface area contributed by atoms with Gasteiger partial charge in [-0.3, -0.25) is 0 Å². The summed E-state index contributed by atoms with van der Waals surface area (Å²) in [5.41, 5.74) is 14.3. The molecular weight excluding hydrogens is 805 g/mol. The highest BCUT2D eigenvalue weighted by Crippen LogP contribution is 2.50. The predicted molar refractivity (Wildman–Crippen MR) is 280 cm³/mol. The van der Waals surface area contributed by atoms with Crippen LogP contribution in [0.15, 0.2) is 243 Å². The smallest absolute Gasteiger partial charge is 0.0555 e. The van der Waals surface area contributed by atoms with Crippen molar-refractivity contribution in [3.8, 4) is 39.1 Å². The number of hydrogen-bond donors (Lipinski definition) is 0. The topological polar surface area (TPSA) is 8.17 Å². The molecule has 13 aromatic rings. The van der Waals surface area contributed by atoms with Crippen LogP contribution in [0.4, 0.5) is 17.1 Å². The summed E-state index contributed by atoms with van der Waals surface area (Å²) in [5.74, 6) is 0. The molecule has 0 atom stereocenters. The second kappa shape index (κ2) is 15.2. The number of para-hydroxylation sites is 2. The Balaban J connectivity index is 1.01. The Morgan fingerprint density at radius 1 is 0.323 bits per heavy atom. The number of hydrogen-bond acceptors (Lipinski definition) is 2. The lowest BCUT2D eigenvalue weighted by Crippen LogP contribution is -2.10. The third-order valence-electron chi connectivity index (χ3n) is 13.2. The normalized spacial score (nSPS) is 11.7. The molecule has 3 heteroatoms. The zero-order valence-corrected chi connectivity index (χ0v) is 36.2. The van der Waals surface area contributed by atoms with Gasteiger partial charge in [-0.25, -0.2) is 0 Å². The first-order valence-electron chi connectivity index (χ1n) is 22.3. The molecule has 0 aliphatic rings. The number of thiophene rings is 1. The Hall–Kier alpha value is -8.24. The summed E-state index contributed by atoms with van der Waals surface area (Å²) in [4.78, 5) is 2.47. The molecule has 0 N–H and O–H groups in total. The standard InChI is InChI=1S/C62H40N2S/c1-2-19-45(20-3-1)64-56-28-10-8-23-54(56)60-51(26-14-29-57(60)64)44-33-37-47(38-34-44)63(46-35-31-43(32-36-46)49-25-12-17-41-15-4-6-21-48(41)49)58-40-39-53(52-27-13-18-42-16-5-7-22-50(42)52)62-61(58)55-24-9-11-30-59(55)65-62/h1-40H. The maximum absolute atomic E-state index is 2.47. The molecule has 0 spiro atoms. The summed E-state index contributed by atoms with van der Waals surface area (Å²) >= 11 is 1.89. The SMILES string of the molecule is c1ccc(-n2c3ccccc3c3c(-c4ccc(N(c5ccc(-c6cccc7ccccc67)cc5)c5ccc(-c6cccc7ccccc67)c6sc7ccccc7c56)cc4)cccc32)cc1. The molecule has 0 amide bonds. The van der Waals surface area contributed by atoms with Crippen molar-refractivity contribution in [2.75, 3.05) is 4.90 Å². The molecule has 0 saturated heterocycles. The van der Waals surface area contributed by atoms with E-state index in [0.717, 1.165) is 22.7 Å². The molecule has 0 saturated carbocycles. The molecule has 2 aromatic heterocycles. The molecule has 2 heterocycles. The molecule has 0 fully saturated rings. The number of aromatic nitrogens is 1. The van der Waals surface area contributed by atoms with E-state index in [9.17, 15) is 0 Å². The van der Waals surface area contributed by atoms with Crippen molar-refractivity contribution >= 4 is 91.9 Å². The fraction of sp³-hybridized carbons (Fsp3) is 0. The highest BCUT2D eigenvalue weighted by atomic mass is 32.1. The van der Waals surface area contributed by atoms with E-state index in [0.29, 0.717) is 0 Å². The lowest BCUT2D eigenvalue weighted by molar-refractivity contribution is 1.18. The van der Waals surface area contributed by atoms with Gasteiger partial charge < -0.3 is 9.47 Å². The Morgan fingerprint density at radius 2 is 0.846 bits per heavy atom. The molecule has 304 valence electrons. The fourth-order valence-electron chi connectivity index (χ4n) is 10.3. The molecule has 11 aromatic carbocycles. The Bertz CT molecular complexity index is 3920. The second-order valence-electron chi connectivity index (χ2n) is 16.8. The quantitative estimate of drug-likeness (QED) is 0.155. The molecule has 13 rings (SSSR count). The van der Waals surface area contributed by atoms with Crippen LogP contribution in [0.25, 0.3) is 103 Å². The molecular formula is C62H40N2S. The van der Waals surface area contributed by atoms with Crippen molar-refractivity contribution in [1.29, 1.82) is 0 Å². The first-order valence-corrected chi connectivity index (χ1v) is 23.1. The second-order valence-corrected chi connectivity index (χ2v) is 17.9. The summed E-state index contributed by atoms with van der Waals surface area (Å²) in [7, 11) is 0. The molecule has 0 aliphatic heterocycles. The summed E-state index contributed by atoms with van der Waals surface area (Å²) in [6, 6.07) is 88.9.